The number of methoxy groups -OCH3 is 1. The van der Waals surface area contributed by atoms with Gasteiger partial charge >= 0.3 is 5.97 Å². The molecule has 1 atom stereocenters. The van der Waals surface area contributed by atoms with E-state index in [9.17, 15) is 18.0 Å². The molecule has 1 N–H and O–H groups in total. The van der Waals surface area contributed by atoms with Gasteiger partial charge in [-0.15, -0.1) is 0 Å². The fraction of sp³-hybridized carbons (Fsp3) is 0.333. The number of fused-ring (bicyclic) bond motifs is 1. The molecule has 0 amide bonds. The van der Waals surface area contributed by atoms with E-state index >= 15 is 0 Å². The lowest BCUT2D eigenvalue weighted by atomic mass is 10.1. The number of carbonyl (C=O) groups excluding carboxylic acids is 2. The van der Waals surface area contributed by atoms with Gasteiger partial charge in [0.2, 0.25) is 15.8 Å². The van der Waals surface area contributed by atoms with Gasteiger partial charge in [-0.2, -0.15) is 4.31 Å². The van der Waals surface area contributed by atoms with Crippen molar-refractivity contribution in [2.75, 3.05) is 20.3 Å². The number of Topliss-reactive ketones (excluding diaryl/α,β-unsaturated/α-hetero) is 1. The van der Waals surface area contributed by atoms with Gasteiger partial charge < -0.3 is 14.5 Å². The van der Waals surface area contributed by atoms with Gasteiger partial charge in [-0.1, -0.05) is 24.6 Å². The highest BCUT2D eigenvalue weighted by molar-refractivity contribution is 7.89. The number of ether oxygens (including phenoxy) is 2. The molecule has 2 aromatic carbocycles. The highest BCUT2D eigenvalue weighted by Gasteiger charge is 2.33. The smallest absolute Gasteiger partial charge is 0.338 e. The fourth-order valence-corrected chi connectivity index (χ4v) is 6.04. The summed E-state index contributed by atoms with van der Waals surface area (Å²) in [6.45, 7) is 1.83. The van der Waals surface area contributed by atoms with E-state index < -0.39 is 22.6 Å². The molecule has 1 saturated heterocycles. The third kappa shape index (κ3) is 4.51. The molecule has 2 heterocycles. The van der Waals surface area contributed by atoms with Crippen molar-refractivity contribution in [3.8, 4) is 5.75 Å². The van der Waals surface area contributed by atoms with Gasteiger partial charge in [0, 0.05) is 35.2 Å². The van der Waals surface area contributed by atoms with Crippen molar-refractivity contribution in [3.05, 3.63) is 59.8 Å². The SMILES string of the molecule is COc1ccc(C(=O)OCC(=O)c2c[nH]c3ccccc23)cc1S(=O)(=O)N1CCCCC1C. The van der Waals surface area contributed by atoms with E-state index in [1.807, 2.05) is 31.2 Å². The van der Waals surface area contributed by atoms with E-state index in [0.29, 0.717) is 12.1 Å². The molecular weight excluding hydrogens is 444 g/mol. The number of sulfonamides is 1. The number of benzene rings is 2. The van der Waals surface area contributed by atoms with E-state index in [1.54, 1.807) is 6.20 Å². The number of rotatable bonds is 7. The fourth-order valence-electron chi connectivity index (χ4n) is 4.15. The number of piperidine rings is 1. The average Bonchev–Trinajstić information content (AvgIpc) is 3.26. The number of nitrogens with zero attached hydrogens (tertiary/aromatic N) is 1. The molecule has 1 aromatic heterocycles. The molecule has 0 saturated carbocycles. The average molecular weight is 471 g/mol. The predicted molar refractivity (Wildman–Crippen MR) is 123 cm³/mol. The largest absolute Gasteiger partial charge is 0.495 e. The standard InChI is InChI=1S/C24H26N2O6S/c1-16-7-5-6-12-26(16)33(29,30)23-13-17(10-11-22(23)31-2)24(28)32-15-21(27)19-14-25-20-9-4-3-8-18(19)20/h3-4,8-11,13-14,16,25H,5-7,12,15H2,1-2H3. The highest BCUT2D eigenvalue weighted by Crippen LogP contribution is 2.32. The minimum absolute atomic E-state index is 0.0331. The molecule has 1 aliphatic rings. The van der Waals surface area contributed by atoms with E-state index in [4.69, 9.17) is 9.47 Å². The molecule has 1 aliphatic heterocycles. The van der Waals surface area contributed by atoms with Gasteiger partial charge in [0.25, 0.3) is 0 Å². The van der Waals surface area contributed by atoms with Gasteiger partial charge in [0.1, 0.15) is 10.6 Å². The molecule has 1 unspecified atom stereocenters. The number of esters is 1. The van der Waals surface area contributed by atoms with Crippen LogP contribution in [0.25, 0.3) is 10.9 Å². The number of aromatic nitrogens is 1. The van der Waals surface area contributed by atoms with Gasteiger partial charge in [-0.25, -0.2) is 13.2 Å². The van der Waals surface area contributed by atoms with Crippen molar-refractivity contribution in [1.82, 2.24) is 9.29 Å². The van der Waals surface area contributed by atoms with Gasteiger partial charge in [0.15, 0.2) is 6.61 Å². The zero-order valence-corrected chi connectivity index (χ0v) is 19.4. The van der Waals surface area contributed by atoms with Crippen molar-refractivity contribution in [3.63, 3.8) is 0 Å². The van der Waals surface area contributed by atoms with Crippen molar-refractivity contribution in [2.24, 2.45) is 0 Å². The van der Waals surface area contributed by atoms with Gasteiger partial charge in [-0.05, 0) is 44.0 Å². The lowest BCUT2D eigenvalue weighted by Gasteiger charge is -2.32. The summed E-state index contributed by atoms with van der Waals surface area (Å²) in [5, 5.41) is 0.743. The molecule has 9 heteroatoms. The summed E-state index contributed by atoms with van der Waals surface area (Å²) in [5.41, 5.74) is 1.27. The number of aromatic amines is 1. The zero-order valence-electron chi connectivity index (χ0n) is 18.5. The van der Waals surface area contributed by atoms with E-state index in [0.717, 1.165) is 30.2 Å². The van der Waals surface area contributed by atoms with Crippen LogP contribution in [-0.2, 0) is 14.8 Å². The highest BCUT2D eigenvalue weighted by atomic mass is 32.2. The second kappa shape index (κ2) is 9.36. The molecule has 33 heavy (non-hydrogen) atoms. The van der Waals surface area contributed by atoms with Gasteiger partial charge in [-0.3, -0.25) is 4.79 Å². The first-order chi connectivity index (χ1) is 15.8. The van der Waals surface area contributed by atoms with E-state index in [-0.39, 0.29) is 28.0 Å². The Morgan fingerprint density at radius 2 is 1.94 bits per heavy atom. The maximum Gasteiger partial charge on any atom is 0.338 e. The number of ketones is 1. The van der Waals surface area contributed by atoms with Crippen LogP contribution in [0.5, 0.6) is 5.75 Å². The molecule has 3 aromatic rings. The topological polar surface area (TPSA) is 106 Å². The molecule has 8 nitrogen and oxygen atoms in total. The monoisotopic (exact) mass is 470 g/mol. The molecule has 0 radical (unpaired) electrons. The van der Waals surface area contributed by atoms with Crippen LogP contribution >= 0.6 is 0 Å². The van der Waals surface area contributed by atoms with Crippen LogP contribution in [0.1, 0.15) is 46.9 Å². The van der Waals surface area contributed by atoms with E-state index in [1.165, 1.54) is 29.6 Å². The molecule has 0 aliphatic carbocycles. The summed E-state index contributed by atoms with van der Waals surface area (Å²) in [6, 6.07) is 11.3. The maximum absolute atomic E-state index is 13.3. The third-order valence-electron chi connectivity index (χ3n) is 5.95. The molecule has 4 rings (SSSR count). The van der Waals surface area contributed by atoms with Crippen molar-refractivity contribution in [2.45, 2.75) is 37.1 Å². The van der Waals surface area contributed by atoms with Crippen molar-refractivity contribution < 1.29 is 27.5 Å². The Labute approximate surface area is 192 Å². The first-order valence-corrected chi connectivity index (χ1v) is 12.2. The second-order valence-corrected chi connectivity index (χ2v) is 9.93. The predicted octanol–water partition coefficient (Wildman–Crippen LogP) is 3.78. The zero-order chi connectivity index (χ0) is 23.6. The normalized spacial score (nSPS) is 17.1. The number of H-pyrrole nitrogens is 1. The lowest BCUT2D eigenvalue weighted by Crippen LogP contribution is -2.42. The summed E-state index contributed by atoms with van der Waals surface area (Å²) in [7, 11) is -2.49. The van der Waals surface area contributed by atoms with Crippen molar-refractivity contribution in [1.29, 1.82) is 0 Å². The molecule has 174 valence electrons. The number of carbonyl (C=O) groups is 2. The Kier molecular flexibility index (Phi) is 6.53. The number of para-hydroxylation sites is 1. The van der Waals surface area contributed by atoms with Crippen LogP contribution in [0.4, 0.5) is 0 Å². The van der Waals surface area contributed by atoms with Crippen molar-refractivity contribution >= 4 is 32.7 Å². The maximum atomic E-state index is 13.3. The summed E-state index contributed by atoms with van der Waals surface area (Å²) in [6.07, 6.45) is 4.11. The van der Waals surface area contributed by atoms with Gasteiger partial charge in [0.05, 0.1) is 12.7 Å². The Hall–Kier alpha value is -3.17. The Balaban J connectivity index is 1.54. The van der Waals surface area contributed by atoms with Crippen LogP contribution in [0.3, 0.4) is 0 Å². The molecule has 1 fully saturated rings. The first-order valence-electron chi connectivity index (χ1n) is 10.8. The third-order valence-corrected chi connectivity index (χ3v) is 7.99. The first kappa shape index (κ1) is 23.0. The minimum Gasteiger partial charge on any atom is -0.495 e. The van der Waals surface area contributed by atoms with Crippen LogP contribution in [0, 0.1) is 0 Å². The van der Waals surface area contributed by atoms with Crippen LogP contribution < -0.4 is 4.74 Å². The number of hydrogen-bond donors (Lipinski definition) is 1. The summed E-state index contributed by atoms with van der Waals surface area (Å²) >= 11 is 0. The Bertz CT molecular complexity index is 1300. The Morgan fingerprint density at radius 1 is 1.15 bits per heavy atom. The number of hydrogen-bond acceptors (Lipinski definition) is 6. The minimum atomic E-state index is -3.87. The summed E-state index contributed by atoms with van der Waals surface area (Å²) in [5.74, 6) is -0.988. The lowest BCUT2D eigenvalue weighted by molar-refractivity contribution is 0.0475. The van der Waals surface area contributed by atoms with E-state index in [2.05, 4.69) is 4.98 Å². The van der Waals surface area contributed by atoms with Crippen LogP contribution in [0.2, 0.25) is 0 Å². The van der Waals surface area contributed by atoms with Crippen LogP contribution in [-0.4, -0.2) is 55.8 Å². The Morgan fingerprint density at radius 3 is 2.70 bits per heavy atom. The summed E-state index contributed by atoms with van der Waals surface area (Å²) < 4.78 is 38.6. The molecular formula is C24H26N2O6S. The van der Waals surface area contributed by atoms with Crippen LogP contribution in [0.15, 0.2) is 53.6 Å². The molecule has 0 bridgehead atoms. The molecule has 0 spiro atoms. The second-order valence-electron chi connectivity index (χ2n) is 8.07. The summed E-state index contributed by atoms with van der Waals surface area (Å²) in [4.78, 5) is 28.2. The number of nitrogens with one attached hydrogen (secondary N) is 1. The quantitative estimate of drug-likeness (QED) is 0.416.